The summed E-state index contributed by atoms with van der Waals surface area (Å²) in [5.74, 6) is 1.06. The predicted octanol–water partition coefficient (Wildman–Crippen LogP) is 3.98. The van der Waals surface area contributed by atoms with Crippen LogP contribution in [0, 0.1) is 5.41 Å². The lowest BCUT2D eigenvalue weighted by atomic mass is 9.65. The molecule has 1 aliphatic carbocycles. The zero-order valence-corrected chi connectivity index (χ0v) is 18.0. The van der Waals surface area contributed by atoms with Crippen molar-refractivity contribution in [1.29, 1.82) is 0 Å². The van der Waals surface area contributed by atoms with Gasteiger partial charge in [0.05, 0.1) is 13.5 Å². The number of piperidine rings is 1. The van der Waals surface area contributed by atoms with Gasteiger partial charge >= 0.3 is 0 Å². The number of benzene rings is 2. The number of nitrogens with one attached hydrogen (secondary N) is 1. The standard InChI is InChI=1S/C26H32N2O2/c1-26-17-21-20(15-18-9-4-3-5-10-18)27-23(26)13-8-14-24(26)28(21)25(29)16-19-11-6-7-12-22(19)30-2/h3-7,9-12,20-21,23-24,27H,8,13-17H2,1-2H3/t20-,21+,23-,24+,26-/m1/s1. The highest BCUT2D eigenvalue weighted by molar-refractivity contribution is 5.81. The maximum atomic E-state index is 13.7. The number of carbonyl (C=O) groups excluding carboxylic acids is 1. The van der Waals surface area contributed by atoms with Gasteiger partial charge in [0.1, 0.15) is 5.75 Å². The first-order valence-electron chi connectivity index (χ1n) is 11.3. The van der Waals surface area contributed by atoms with Crippen molar-refractivity contribution in [2.45, 2.75) is 69.6 Å². The highest BCUT2D eigenvalue weighted by atomic mass is 16.5. The molecule has 2 aliphatic heterocycles. The fraction of sp³-hybridized carbons (Fsp3) is 0.500. The number of methoxy groups -OCH3 is 1. The third-order valence-corrected chi connectivity index (χ3v) is 7.87. The quantitative estimate of drug-likeness (QED) is 0.820. The van der Waals surface area contributed by atoms with Crippen molar-refractivity contribution in [3.63, 3.8) is 0 Å². The van der Waals surface area contributed by atoms with Crippen LogP contribution >= 0.6 is 0 Å². The van der Waals surface area contributed by atoms with Crippen molar-refractivity contribution < 1.29 is 9.53 Å². The summed E-state index contributed by atoms with van der Waals surface area (Å²) in [6.07, 6.45) is 6.05. The first-order chi connectivity index (χ1) is 14.6. The van der Waals surface area contributed by atoms with E-state index in [1.54, 1.807) is 7.11 Å². The zero-order chi connectivity index (χ0) is 20.7. The normalized spacial score (nSPS) is 32.1. The fourth-order valence-electron chi connectivity index (χ4n) is 6.43. The Labute approximate surface area is 179 Å². The van der Waals surface area contributed by atoms with Crippen LogP contribution in [0.3, 0.4) is 0 Å². The molecule has 1 amide bonds. The second-order valence-corrected chi connectivity index (χ2v) is 9.53. The Kier molecular flexibility index (Phi) is 5.06. The average Bonchev–Trinajstić information content (AvgIpc) is 3.07. The van der Waals surface area contributed by atoms with Gasteiger partial charge in [-0.15, -0.1) is 0 Å². The van der Waals surface area contributed by atoms with E-state index in [1.807, 2.05) is 24.3 Å². The third kappa shape index (κ3) is 3.22. The van der Waals surface area contributed by atoms with Crippen molar-refractivity contribution in [1.82, 2.24) is 10.2 Å². The van der Waals surface area contributed by atoms with Crippen LogP contribution in [0.15, 0.2) is 54.6 Å². The van der Waals surface area contributed by atoms with Gasteiger partial charge < -0.3 is 15.0 Å². The summed E-state index contributed by atoms with van der Waals surface area (Å²) in [6, 6.07) is 20.0. The molecule has 5 atom stereocenters. The lowest BCUT2D eigenvalue weighted by Crippen LogP contribution is -2.58. The molecule has 2 aromatic rings. The Morgan fingerprint density at radius 3 is 2.70 bits per heavy atom. The maximum Gasteiger partial charge on any atom is 0.227 e. The number of nitrogens with zero attached hydrogens (tertiary/aromatic N) is 1. The highest BCUT2D eigenvalue weighted by Gasteiger charge is 2.60. The van der Waals surface area contributed by atoms with Crippen molar-refractivity contribution >= 4 is 5.91 Å². The summed E-state index contributed by atoms with van der Waals surface area (Å²) in [6.45, 7) is 2.41. The molecule has 0 aromatic heterocycles. The van der Waals surface area contributed by atoms with Crippen molar-refractivity contribution in [3.05, 3.63) is 65.7 Å². The smallest absolute Gasteiger partial charge is 0.227 e. The topological polar surface area (TPSA) is 41.6 Å². The molecule has 158 valence electrons. The maximum absolute atomic E-state index is 13.7. The number of amides is 1. The summed E-state index contributed by atoms with van der Waals surface area (Å²) in [5, 5.41) is 3.99. The number of rotatable bonds is 5. The molecule has 5 rings (SSSR count). The summed E-state index contributed by atoms with van der Waals surface area (Å²) < 4.78 is 5.51. The van der Waals surface area contributed by atoms with Gasteiger partial charge in [0.25, 0.3) is 0 Å². The van der Waals surface area contributed by atoms with Crippen LogP contribution in [-0.4, -0.2) is 42.1 Å². The van der Waals surface area contributed by atoms with Gasteiger partial charge in [-0.05, 0) is 43.7 Å². The van der Waals surface area contributed by atoms with Gasteiger partial charge in [-0.25, -0.2) is 0 Å². The minimum Gasteiger partial charge on any atom is -0.496 e. The van der Waals surface area contributed by atoms with E-state index in [2.05, 4.69) is 47.5 Å². The molecule has 0 spiro atoms. The molecular weight excluding hydrogens is 372 g/mol. The van der Waals surface area contributed by atoms with E-state index < -0.39 is 0 Å². The Bertz CT molecular complexity index is 914. The molecule has 0 radical (unpaired) electrons. The second kappa shape index (κ2) is 7.73. The van der Waals surface area contributed by atoms with Crippen molar-refractivity contribution in [2.75, 3.05) is 7.11 Å². The highest BCUT2D eigenvalue weighted by Crippen LogP contribution is 2.53. The molecule has 2 heterocycles. The predicted molar refractivity (Wildman–Crippen MR) is 119 cm³/mol. The first kappa shape index (κ1) is 19.6. The van der Waals surface area contributed by atoms with E-state index in [1.165, 1.54) is 18.4 Å². The second-order valence-electron chi connectivity index (χ2n) is 9.53. The summed E-state index contributed by atoms with van der Waals surface area (Å²) >= 11 is 0. The molecule has 4 nitrogen and oxygen atoms in total. The Hall–Kier alpha value is -2.33. The lowest BCUT2D eigenvalue weighted by molar-refractivity contribution is -0.134. The largest absolute Gasteiger partial charge is 0.496 e. The Balaban J connectivity index is 1.45. The van der Waals surface area contributed by atoms with Crippen LogP contribution in [-0.2, 0) is 17.6 Å². The summed E-state index contributed by atoms with van der Waals surface area (Å²) in [7, 11) is 1.68. The molecule has 3 fully saturated rings. The number of likely N-dealkylation sites (tertiary alicyclic amines) is 1. The SMILES string of the molecule is COc1ccccc1CC(=O)N1[C@H]2CCC[C@H]3N[C@H](Cc4ccccc4)[C@@H]1C[C@@]23C. The van der Waals surface area contributed by atoms with Crippen LogP contribution in [0.4, 0.5) is 0 Å². The van der Waals surface area contributed by atoms with E-state index in [0.717, 1.165) is 30.6 Å². The van der Waals surface area contributed by atoms with Gasteiger partial charge in [0.15, 0.2) is 0 Å². The number of fused-ring (bicyclic) bond motifs is 1. The minimum absolute atomic E-state index is 0.187. The number of carbonyl (C=O) groups is 1. The average molecular weight is 405 g/mol. The van der Waals surface area contributed by atoms with Gasteiger partial charge in [-0.2, -0.15) is 0 Å². The van der Waals surface area contributed by atoms with Gasteiger partial charge in [0.2, 0.25) is 5.91 Å². The fourth-order valence-corrected chi connectivity index (χ4v) is 6.43. The Morgan fingerprint density at radius 1 is 1.13 bits per heavy atom. The molecule has 2 saturated heterocycles. The molecule has 0 unspecified atom stereocenters. The van der Waals surface area contributed by atoms with E-state index >= 15 is 0 Å². The van der Waals surface area contributed by atoms with E-state index in [0.29, 0.717) is 24.5 Å². The number of ether oxygens (including phenoxy) is 1. The molecule has 1 N–H and O–H groups in total. The molecular formula is C26H32N2O2. The number of hydrogen-bond acceptors (Lipinski definition) is 3. The van der Waals surface area contributed by atoms with E-state index in [9.17, 15) is 4.79 Å². The first-order valence-corrected chi connectivity index (χ1v) is 11.3. The van der Waals surface area contributed by atoms with Crippen molar-refractivity contribution in [2.24, 2.45) is 5.41 Å². The molecule has 2 bridgehead atoms. The van der Waals surface area contributed by atoms with Gasteiger partial charge in [-0.1, -0.05) is 55.5 Å². The number of para-hydroxylation sites is 1. The van der Waals surface area contributed by atoms with Crippen LogP contribution in [0.2, 0.25) is 0 Å². The Morgan fingerprint density at radius 2 is 1.90 bits per heavy atom. The van der Waals surface area contributed by atoms with Crippen LogP contribution in [0.5, 0.6) is 5.75 Å². The molecule has 2 aromatic carbocycles. The van der Waals surface area contributed by atoms with E-state index in [4.69, 9.17) is 4.74 Å². The zero-order valence-electron chi connectivity index (χ0n) is 18.0. The van der Waals surface area contributed by atoms with Gasteiger partial charge in [-0.3, -0.25) is 4.79 Å². The van der Waals surface area contributed by atoms with Crippen LogP contribution in [0.25, 0.3) is 0 Å². The summed E-state index contributed by atoms with van der Waals surface area (Å²) in [5.41, 5.74) is 2.51. The van der Waals surface area contributed by atoms with E-state index in [-0.39, 0.29) is 17.4 Å². The molecule has 3 aliphatic rings. The lowest BCUT2D eigenvalue weighted by Gasteiger charge is -2.46. The van der Waals surface area contributed by atoms with Crippen LogP contribution in [0.1, 0.15) is 43.7 Å². The molecule has 30 heavy (non-hydrogen) atoms. The summed E-state index contributed by atoms with van der Waals surface area (Å²) in [4.78, 5) is 16.0. The molecule has 4 heteroatoms. The number of hydrogen-bond donors (Lipinski definition) is 1. The van der Waals surface area contributed by atoms with Crippen LogP contribution < -0.4 is 10.1 Å². The van der Waals surface area contributed by atoms with Gasteiger partial charge in [0, 0.05) is 35.1 Å². The minimum atomic E-state index is 0.187. The monoisotopic (exact) mass is 404 g/mol. The molecule has 1 saturated carbocycles. The third-order valence-electron chi connectivity index (χ3n) is 7.87. The van der Waals surface area contributed by atoms with Crippen molar-refractivity contribution in [3.8, 4) is 5.75 Å².